The highest BCUT2D eigenvalue weighted by Crippen LogP contribution is 2.21. The fourth-order valence-corrected chi connectivity index (χ4v) is 1.48. The zero-order chi connectivity index (χ0) is 12.2. The van der Waals surface area contributed by atoms with Crippen LogP contribution in [-0.2, 0) is 9.53 Å². The van der Waals surface area contributed by atoms with Crippen LogP contribution in [0.5, 0.6) is 0 Å². The van der Waals surface area contributed by atoms with E-state index in [9.17, 15) is 18.0 Å². The molecule has 4 nitrogen and oxygen atoms in total. The third kappa shape index (κ3) is 4.80. The van der Waals surface area contributed by atoms with E-state index in [1.807, 2.05) is 0 Å². The molecule has 2 atom stereocenters. The van der Waals surface area contributed by atoms with Gasteiger partial charge in [0, 0.05) is 12.6 Å². The smallest absolute Gasteiger partial charge is 0.378 e. The van der Waals surface area contributed by atoms with Crippen molar-refractivity contribution >= 4 is 5.91 Å². The summed E-state index contributed by atoms with van der Waals surface area (Å²) in [6, 6.07) is -1.47. The predicted octanol–water partition coefficient (Wildman–Crippen LogP) is 0.432. The van der Waals surface area contributed by atoms with Crippen LogP contribution in [0.3, 0.4) is 0 Å². The molecule has 7 heteroatoms. The first-order valence-electron chi connectivity index (χ1n) is 5.07. The fourth-order valence-electron chi connectivity index (χ4n) is 1.48. The van der Waals surface area contributed by atoms with E-state index in [-0.39, 0.29) is 6.61 Å². The zero-order valence-electron chi connectivity index (χ0n) is 8.93. The van der Waals surface area contributed by atoms with Crippen molar-refractivity contribution in [2.45, 2.75) is 31.6 Å². The summed E-state index contributed by atoms with van der Waals surface area (Å²) in [5, 5.41) is 5.17. The molecule has 1 amide bonds. The summed E-state index contributed by atoms with van der Waals surface area (Å²) >= 11 is 0. The minimum Gasteiger partial charge on any atom is -0.378 e. The minimum atomic E-state index is -4.26. The van der Waals surface area contributed by atoms with Crippen LogP contribution in [0.15, 0.2) is 0 Å². The number of hydrogen-bond donors (Lipinski definition) is 2. The number of ether oxygens (including phenoxy) is 1. The number of nitrogens with one attached hydrogen (secondary N) is 2. The van der Waals surface area contributed by atoms with E-state index in [0.717, 1.165) is 0 Å². The summed E-state index contributed by atoms with van der Waals surface area (Å²) in [7, 11) is 0. The largest absolute Gasteiger partial charge is 0.391 e. The van der Waals surface area contributed by atoms with Crippen LogP contribution >= 0.6 is 0 Å². The quantitative estimate of drug-likeness (QED) is 0.752. The van der Waals surface area contributed by atoms with Crippen LogP contribution < -0.4 is 10.6 Å². The second kappa shape index (κ2) is 5.49. The number of rotatable bonds is 3. The van der Waals surface area contributed by atoms with E-state index in [1.54, 1.807) is 0 Å². The lowest BCUT2D eigenvalue weighted by Crippen LogP contribution is -2.53. The highest BCUT2D eigenvalue weighted by molar-refractivity contribution is 5.82. The molecule has 1 rings (SSSR count). The minimum absolute atomic E-state index is 0.199. The Morgan fingerprint density at radius 2 is 2.31 bits per heavy atom. The maximum absolute atomic E-state index is 12.0. The first-order valence-corrected chi connectivity index (χ1v) is 5.07. The van der Waals surface area contributed by atoms with Gasteiger partial charge in [-0.2, -0.15) is 13.2 Å². The summed E-state index contributed by atoms with van der Waals surface area (Å²) in [5.74, 6) is -0.448. The molecule has 0 radical (unpaired) electrons. The molecular weight excluding hydrogens is 225 g/mol. The Morgan fingerprint density at radius 1 is 1.62 bits per heavy atom. The molecule has 2 N–H and O–H groups in total. The highest BCUT2D eigenvalue weighted by atomic mass is 19.4. The number of morpholine rings is 1. The van der Waals surface area contributed by atoms with Gasteiger partial charge in [0.2, 0.25) is 5.91 Å². The summed E-state index contributed by atoms with van der Waals surface area (Å²) < 4.78 is 41.1. The van der Waals surface area contributed by atoms with Crippen molar-refractivity contribution in [3.05, 3.63) is 0 Å². The van der Waals surface area contributed by atoms with Crippen molar-refractivity contribution in [2.75, 3.05) is 19.8 Å². The molecule has 16 heavy (non-hydrogen) atoms. The first-order chi connectivity index (χ1) is 7.38. The normalized spacial score (nSPS) is 23.9. The van der Waals surface area contributed by atoms with Gasteiger partial charge in [-0.05, 0) is 6.92 Å². The van der Waals surface area contributed by atoms with Gasteiger partial charge < -0.3 is 15.4 Å². The maximum atomic E-state index is 12.0. The molecule has 1 fully saturated rings. The maximum Gasteiger partial charge on any atom is 0.391 e. The number of halogens is 3. The number of carbonyl (C=O) groups excluding carboxylic acids is 1. The van der Waals surface area contributed by atoms with Crippen molar-refractivity contribution < 1.29 is 22.7 Å². The molecule has 94 valence electrons. The van der Waals surface area contributed by atoms with Crippen molar-refractivity contribution in [1.82, 2.24) is 10.6 Å². The van der Waals surface area contributed by atoms with Gasteiger partial charge in [0.25, 0.3) is 0 Å². The molecule has 0 saturated carbocycles. The Hall–Kier alpha value is -0.820. The zero-order valence-corrected chi connectivity index (χ0v) is 8.93. The Morgan fingerprint density at radius 3 is 2.81 bits per heavy atom. The second-order valence-electron chi connectivity index (χ2n) is 3.81. The van der Waals surface area contributed by atoms with E-state index in [1.165, 1.54) is 6.92 Å². The van der Waals surface area contributed by atoms with Crippen LogP contribution in [0.25, 0.3) is 0 Å². The molecule has 2 unspecified atom stereocenters. The van der Waals surface area contributed by atoms with Crippen molar-refractivity contribution in [3.63, 3.8) is 0 Å². The molecule has 1 aliphatic rings. The highest BCUT2D eigenvalue weighted by Gasteiger charge is 2.31. The number of hydrogen-bond acceptors (Lipinski definition) is 3. The number of amides is 1. The molecule has 1 heterocycles. The van der Waals surface area contributed by atoms with Crippen LogP contribution in [0.4, 0.5) is 13.2 Å². The van der Waals surface area contributed by atoms with Crippen LogP contribution in [-0.4, -0.2) is 43.9 Å². The standard InChI is InChI=1S/C9H15F3N2O2/c1-6(4-9(10,11)12)14-8(15)7-5-16-3-2-13-7/h6-7,13H,2-5H2,1H3,(H,14,15). The molecule has 0 spiro atoms. The Kier molecular flexibility index (Phi) is 4.55. The molecule has 0 bridgehead atoms. The van der Waals surface area contributed by atoms with E-state index in [4.69, 9.17) is 4.74 Å². The van der Waals surface area contributed by atoms with Crippen LogP contribution in [0, 0.1) is 0 Å². The van der Waals surface area contributed by atoms with Gasteiger partial charge in [0.15, 0.2) is 0 Å². The van der Waals surface area contributed by atoms with Gasteiger partial charge in [-0.25, -0.2) is 0 Å². The Balaban J connectivity index is 2.32. The van der Waals surface area contributed by atoms with E-state index >= 15 is 0 Å². The average Bonchev–Trinajstić information content (AvgIpc) is 2.16. The van der Waals surface area contributed by atoms with E-state index in [0.29, 0.717) is 13.2 Å². The van der Waals surface area contributed by atoms with Gasteiger partial charge in [0.1, 0.15) is 6.04 Å². The van der Waals surface area contributed by atoms with Gasteiger partial charge in [0.05, 0.1) is 19.6 Å². The number of alkyl halides is 3. The lowest BCUT2D eigenvalue weighted by molar-refractivity contribution is -0.142. The lowest BCUT2D eigenvalue weighted by Gasteiger charge is -2.25. The third-order valence-electron chi connectivity index (χ3n) is 2.16. The summed E-state index contributed by atoms with van der Waals surface area (Å²) in [5.41, 5.74) is 0. The third-order valence-corrected chi connectivity index (χ3v) is 2.16. The van der Waals surface area contributed by atoms with Gasteiger partial charge in [-0.1, -0.05) is 0 Å². The molecular formula is C9H15F3N2O2. The van der Waals surface area contributed by atoms with E-state index < -0.39 is 30.6 Å². The van der Waals surface area contributed by atoms with Gasteiger partial charge in [-0.3, -0.25) is 4.79 Å². The average molecular weight is 240 g/mol. The van der Waals surface area contributed by atoms with Crippen molar-refractivity contribution in [3.8, 4) is 0 Å². The molecule has 0 aliphatic carbocycles. The van der Waals surface area contributed by atoms with Crippen LogP contribution in [0.2, 0.25) is 0 Å². The topological polar surface area (TPSA) is 50.4 Å². The molecule has 1 saturated heterocycles. The summed E-state index contributed by atoms with van der Waals surface area (Å²) in [6.45, 7) is 2.58. The predicted molar refractivity (Wildman–Crippen MR) is 50.9 cm³/mol. The molecule has 0 aromatic heterocycles. The molecule has 0 aromatic carbocycles. The number of carbonyl (C=O) groups is 1. The van der Waals surface area contributed by atoms with Crippen molar-refractivity contribution in [1.29, 1.82) is 0 Å². The SMILES string of the molecule is CC(CC(F)(F)F)NC(=O)C1COCCN1. The summed E-state index contributed by atoms with van der Waals surface area (Å²) in [6.07, 6.45) is -5.28. The van der Waals surface area contributed by atoms with Gasteiger partial charge >= 0.3 is 6.18 Å². The Labute approximate surface area is 91.5 Å². The first kappa shape index (κ1) is 13.2. The van der Waals surface area contributed by atoms with Crippen LogP contribution in [0.1, 0.15) is 13.3 Å². The summed E-state index contributed by atoms with van der Waals surface area (Å²) in [4.78, 5) is 11.5. The monoisotopic (exact) mass is 240 g/mol. The fraction of sp³-hybridized carbons (Fsp3) is 0.889. The van der Waals surface area contributed by atoms with Gasteiger partial charge in [-0.15, -0.1) is 0 Å². The van der Waals surface area contributed by atoms with E-state index in [2.05, 4.69) is 10.6 Å². The van der Waals surface area contributed by atoms with Crippen molar-refractivity contribution in [2.24, 2.45) is 0 Å². The molecule has 0 aromatic rings. The lowest BCUT2D eigenvalue weighted by atomic mass is 10.2. The molecule has 1 aliphatic heterocycles. The second-order valence-corrected chi connectivity index (χ2v) is 3.81. The Bertz CT molecular complexity index is 239.